The molecule has 0 spiro atoms. The number of hydrogen-bond donors (Lipinski definition) is 1. The van der Waals surface area contributed by atoms with Gasteiger partial charge in [0.15, 0.2) is 0 Å². The molecule has 0 atom stereocenters. The fourth-order valence-electron chi connectivity index (χ4n) is 2.89. The van der Waals surface area contributed by atoms with E-state index in [1.165, 1.54) is 0 Å². The third-order valence-corrected chi connectivity index (χ3v) is 4.27. The van der Waals surface area contributed by atoms with Crippen molar-refractivity contribution in [3.63, 3.8) is 0 Å². The van der Waals surface area contributed by atoms with Crippen molar-refractivity contribution < 1.29 is 4.79 Å². The zero-order valence-corrected chi connectivity index (χ0v) is 15.8. The fourth-order valence-corrected chi connectivity index (χ4v) is 3.02. The molecule has 3 rings (SSSR count). The van der Waals surface area contributed by atoms with Crippen LogP contribution in [0.1, 0.15) is 16.8 Å². The van der Waals surface area contributed by atoms with Crippen molar-refractivity contribution in [2.75, 3.05) is 5.32 Å². The van der Waals surface area contributed by atoms with Crippen LogP contribution in [0.3, 0.4) is 0 Å². The summed E-state index contributed by atoms with van der Waals surface area (Å²) in [6.07, 6.45) is 3.44. The van der Waals surface area contributed by atoms with Gasteiger partial charge in [-0.2, -0.15) is 5.26 Å². The normalized spacial score (nSPS) is 11.1. The van der Waals surface area contributed by atoms with Crippen molar-refractivity contribution in [3.8, 4) is 11.8 Å². The SMILES string of the molecule is Cc1cc(C)cc(NC(=O)/C(C#N)=C\c2cccn2-c2ccc(Cl)cc2)c1. The van der Waals surface area contributed by atoms with Gasteiger partial charge in [0.2, 0.25) is 0 Å². The first-order valence-electron chi connectivity index (χ1n) is 8.41. The van der Waals surface area contributed by atoms with Crippen LogP contribution in [0.4, 0.5) is 5.69 Å². The standard InChI is InChI=1S/C22H18ClN3O/c1-15-10-16(2)12-19(11-15)25-22(27)17(14-24)13-21-4-3-9-26(21)20-7-5-18(23)6-8-20/h3-13H,1-2H3,(H,25,27)/b17-13-. The van der Waals surface area contributed by atoms with Gasteiger partial charge in [0.05, 0.1) is 0 Å². The molecule has 27 heavy (non-hydrogen) atoms. The van der Waals surface area contributed by atoms with Crippen LogP contribution >= 0.6 is 11.6 Å². The van der Waals surface area contributed by atoms with Crippen molar-refractivity contribution in [2.45, 2.75) is 13.8 Å². The summed E-state index contributed by atoms with van der Waals surface area (Å²) in [7, 11) is 0. The highest BCUT2D eigenvalue weighted by molar-refractivity contribution is 6.30. The highest BCUT2D eigenvalue weighted by Gasteiger charge is 2.12. The van der Waals surface area contributed by atoms with E-state index in [1.54, 1.807) is 18.2 Å². The molecule has 0 unspecified atom stereocenters. The molecule has 1 amide bonds. The van der Waals surface area contributed by atoms with Gasteiger partial charge in [-0.1, -0.05) is 17.7 Å². The topological polar surface area (TPSA) is 57.8 Å². The number of nitriles is 1. The summed E-state index contributed by atoms with van der Waals surface area (Å²) >= 11 is 5.94. The second-order valence-electron chi connectivity index (χ2n) is 6.28. The number of anilines is 1. The number of benzene rings is 2. The van der Waals surface area contributed by atoms with Crippen molar-refractivity contribution in [1.29, 1.82) is 5.26 Å². The zero-order valence-electron chi connectivity index (χ0n) is 15.0. The Hall–Kier alpha value is -3.29. The van der Waals surface area contributed by atoms with Gasteiger partial charge in [0.1, 0.15) is 11.6 Å². The average molecular weight is 376 g/mol. The molecule has 0 aliphatic rings. The lowest BCUT2D eigenvalue weighted by Crippen LogP contribution is -2.14. The zero-order chi connectivity index (χ0) is 19.4. The molecule has 1 heterocycles. The molecule has 4 nitrogen and oxygen atoms in total. The number of nitrogens with one attached hydrogen (secondary N) is 1. The van der Waals surface area contributed by atoms with Crippen LogP contribution in [-0.2, 0) is 4.79 Å². The Morgan fingerprint density at radius 3 is 2.41 bits per heavy atom. The Morgan fingerprint density at radius 1 is 1.11 bits per heavy atom. The third kappa shape index (κ3) is 4.46. The lowest BCUT2D eigenvalue weighted by molar-refractivity contribution is -0.112. The van der Waals surface area contributed by atoms with Crippen molar-refractivity contribution in [1.82, 2.24) is 4.57 Å². The third-order valence-electron chi connectivity index (χ3n) is 4.02. The number of rotatable bonds is 4. The van der Waals surface area contributed by atoms with Gasteiger partial charge in [0, 0.05) is 28.3 Å². The maximum Gasteiger partial charge on any atom is 0.266 e. The highest BCUT2D eigenvalue weighted by atomic mass is 35.5. The number of carbonyl (C=O) groups is 1. The number of nitrogens with zero attached hydrogens (tertiary/aromatic N) is 2. The summed E-state index contributed by atoms with van der Waals surface area (Å²) < 4.78 is 1.89. The van der Waals surface area contributed by atoms with E-state index in [2.05, 4.69) is 5.32 Å². The second kappa shape index (κ2) is 7.94. The minimum absolute atomic E-state index is 0.0306. The van der Waals surface area contributed by atoms with E-state index in [0.717, 1.165) is 22.5 Å². The molecule has 1 aromatic heterocycles. The van der Waals surface area contributed by atoms with Crippen molar-refractivity contribution in [2.24, 2.45) is 0 Å². The minimum atomic E-state index is -0.439. The van der Waals surface area contributed by atoms with Crippen molar-refractivity contribution >= 4 is 29.3 Å². The van der Waals surface area contributed by atoms with E-state index >= 15 is 0 Å². The van der Waals surface area contributed by atoms with E-state index in [1.807, 2.05) is 73.1 Å². The van der Waals surface area contributed by atoms with Gasteiger partial charge < -0.3 is 9.88 Å². The van der Waals surface area contributed by atoms with E-state index in [9.17, 15) is 10.1 Å². The van der Waals surface area contributed by atoms with Crippen LogP contribution in [0.15, 0.2) is 66.4 Å². The summed E-state index contributed by atoms with van der Waals surface area (Å²) in [6.45, 7) is 3.92. The molecule has 5 heteroatoms. The van der Waals surface area contributed by atoms with Crippen molar-refractivity contribution in [3.05, 3.63) is 88.2 Å². The van der Waals surface area contributed by atoms with Crippen LogP contribution in [0, 0.1) is 25.2 Å². The molecule has 0 aliphatic carbocycles. The molecule has 0 fully saturated rings. The Kier molecular flexibility index (Phi) is 5.44. The molecule has 0 saturated heterocycles. The summed E-state index contributed by atoms with van der Waals surface area (Å²) in [5.74, 6) is -0.439. The smallest absolute Gasteiger partial charge is 0.266 e. The molecule has 2 aromatic carbocycles. The van der Waals surface area contributed by atoms with E-state index in [-0.39, 0.29) is 5.57 Å². The van der Waals surface area contributed by atoms with E-state index in [0.29, 0.717) is 10.7 Å². The number of aryl methyl sites for hydroxylation is 2. The summed E-state index contributed by atoms with van der Waals surface area (Å²) in [5.41, 5.74) is 4.41. The van der Waals surface area contributed by atoms with E-state index in [4.69, 9.17) is 11.6 Å². The second-order valence-corrected chi connectivity index (χ2v) is 6.72. The van der Waals surface area contributed by atoms with Gasteiger partial charge in [-0.25, -0.2) is 0 Å². The van der Waals surface area contributed by atoms with Crippen LogP contribution in [-0.4, -0.2) is 10.5 Å². The molecule has 1 N–H and O–H groups in total. The lowest BCUT2D eigenvalue weighted by atomic mass is 10.1. The maximum absolute atomic E-state index is 12.6. The van der Waals surface area contributed by atoms with Crippen LogP contribution in [0.2, 0.25) is 5.02 Å². The monoisotopic (exact) mass is 375 g/mol. The first kappa shape index (κ1) is 18.5. The van der Waals surface area contributed by atoms with Gasteiger partial charge in [-0.3, -0.25) is 4.79 Å². The first-order chi connectivity index (χ1) is 13.0. The molecule has 3 aromatic rings. The van der Waals surface area contributed by atoms with Crippen LogP contribution in [0.5, 0.6) is 0 Å². The van der Waals surface area contributed by atoms with Gasteiger partial charge in [-0.05, 0) is 79.6 Å². The average Bonchev–Trinajstić information content (AvgIpc) is 3.07. The Bertz CT molecular complexity index is 1040. The van der Waals surface area contributed by atoms with Gasteiger partial charge in [0.25, 0.3) is 5.91 Å². The molecule has 0 saturated carbocycles. The summed E-state index contributed by atoms with van der Waals surface area (Å²) in [5, 5.41) is 12.9. The fraction of sp³-hybridized carbons (Fsp3) is 0.0909. The number of halogens is 1. The van der Waals surface area contributed by atoms with E-state index < -0.39 is 5.91 Å². The Morgan fingerprint density at radius 2 is 1.78 bits per heavy atom. The highest BCUT2D eigenvalue weighted by Crippen LogP contribution is 2.19. The maximum atomic E-state index is 12.6. The molecule has 0 radical (unpaired) electrons. The lowest BCUT2D eigenvalue weighted by Gasteiger charge is -2.09. The number of amides is 1. The van der Waals surface area contributed by atoms with Crippen LogP contribution in [0.25, 0.3) is 11.8 Å². The quantitative estimate of drug-likeness (QED) is 0.497. The summed E-state index contributed by atoms with van der Waals surface area (Å²) in [4.78, 5) is 12.6. The molecular weight excluding hydrogens is 358 g/mol. The molecule has 0 aliphatic heterocycles. The Labute approximate surface area is 163 Å². The summed E-state index contributed by atoms with van der Waals surface area (Å²) in [6, 6.07) is 18.8. The first-order valence-corrected chi connectivity index (χ1v) is 8.79. The minimum Gasteiger partial charge on any atom is -0.321 e. The molecule has 134 valence electrons. The number of aromatic nitrogens is 1. The van der Waals surface area contributed by atoms with Crippen LogP contribution < -0.4 is 5.32 Å². The molecule has 0 bridgehead atoms. The number of carbonyl (C=O) groups excluding carboxylic acids is 1. The molecular formula is C22H18ClN3O. The largest absolute Gasteiger partial charge is 0.321 e. The van der Waals surface area contributed by atoms with Gasteiger partial charge in [-0.15, -0.1) is 0 Å². The number of hydrogen-bond acceptors (Lipinski definition) is 2. The predicted molar refractivity (Wildman–Crippen MR) is 109 cm³/mol. The van der Waals surface area contributed by atoms with Gasteiger partial charge >= 0.3 is 0 Å². The predicted octanol–water partition coefficient (Wildman–Crippen LogP) is 5.29. The Balaban J connectivity index is 1.89.